The lowest BCUT2D eigenvalue weighted by Gasteiger charge is -2.27. The maximum absolute atomic E-state index is 3.48. The summed E-state index contributed by atoms with van der Waals surface area (Å²) < 4.78 is 0. The van der Waals surface area contributed by atoms with Crippen molar-refractivity contribution in [3.05, 3.63) is 0 Å². The van der Waals surface area contributed by atoms with Gasteiger partial charge >= 0.3 is 0 Å². The van der Waals surface area contributed by atoms with E-state index in [1.54, 1.807) is 0 Å². The molecule has 84 valence electrons. The molecule has 1 nitrogen and oxygen atoms in total. The van der Waals surface area contributed by atoms with Gasteiger partial charge in [-0.05, 0) is 31.7 Å². The van der Waals surface area contributed by atoms with Gasteiger partial charge in [0, 0.05) is 6.04 Å². The SMILES string of the molecule is CNC(CC(C)C)CC1CCCCC1. The molecule has 0 radical (unpaired) electrons. The van der Waals surface area contributed by atoms with Crippen molar-refractivity contribution in [1.29, 1.82) is 0 Å². The molecule has 0 amide bonds. The zero-order chi connectivity index (χ0) is 10.4. The van der Waals surface area contributed by atoms with Gasteiger partial charge in [0.1, 0.15) is 0 Å². The van der Waals surface area contributed by atoms with Gasteiger partial charge in [0.25, 0.3) is 0 Å². The molecule has 1 unspecified atom stereocenters. The third-order valence-electron chi connectivity index (χ3n) is 3.51. The van der Waals surface area contributed by atoms with Gasteiger partial charge in [-0.1, -0.05) is 46.0 Å². The van der Waals surface area contributed by atoms with Gasteiger partial charge in [-0.15, -0.1) is 0 Å². The minimum atomic E-state index is 0.762. The largest absolute Gasteiger partial charge is 0.317 e. The topological polar surface area (TPSA) is 12.0 Å². The lowest BCUT2D eigenvalue weighted by Crippen LogP contribution is -2.30. The van der Waals surface area contributed by atoms with Crippen LogP contribution in [0.4, 0.5) is 0 Å². The molecule has 0 bridgehead atoms. The lowest BCUT2D eigenvalue weighted by atomic mass is 9.83. The normalized spacial score (nSPS) is 21.4. The van der Waals surface area contributed by atoms with Crippen molar-refractivity contribution in [2.24, 2.45) is 11.8 Å². The molecule has 1 heteroatoms. The monoisotopic (exact) mass is 197 g/mol. The van der Waals surface area contributed by atoms with E-state index in [4.69, 9.17) is 0 Å². The standard InChI is InChI=1S/C13H27N/c1-11(2)9-13(14-3)10-12-7-5-4-6-8-12/h11-14H,4-10H2,1-3H3. The summed E-state index contributed by atoms with van der Waals surface area (Å²) >= 11 is 0. The molecule has 0 aromatic rings. The molecule has 1 rings (SSSR count). The third-order valence-corrected chi connectivity index (χ3v) is 3.51. The fraction of sp³-hybridized carbons (Fsp3) is 1.00. The second kappa shape index (κ2) is 6.44. The fourth-order valence-electron chi connectivity index (χ4n) is 2.73. The van der Waals surface area contributed by atoms with Crippen molar-refractivity contribution in [2.75, 3.05) is 7.05 Å². The minimum Gasteiger partial charge on any atom is -0.317 e. The lowest BCUT2D eigenvalue weighted by molar-refractivity contribution is 0.285. The second-order valence-electron chi connectivity index (χ2n) is 5.35. The summed E-state index contributed by atoms with van der Waals surface area (Å²) in [6, 6.07) is 0.762. The average Bonchev–Trinajstić information content (AvgIpc) is 2.17. The van der Waals surface area contributed by atoms with Crippen LogP contribution in [0.15, 0.2) is 0 Å². The Morgan fingerprint density at radius 1 is 1.14 bits per heavy atom. The Balaban J connectivity index is 2.23. The van der Waals surface area contributed by atoms with E-state index >= 15 is 0 Å². The summed E-state index contributed by atoms with van der Waals surface area (Å²) in [4.78, 5) is 0. The highest BCUT2D eigenvalue weighted by Gasteiger charge is 2.18. The van der Waals surface area contributed by atoms with E-state index in [1.165, 1.54) is 44.9 Å². The van der Waals surface area contributed by atoms with E-state index in [0.717, 1.165) is 17.9 Å². The Kier molecular flexibility index (Phi) is 5.54. The summed E-state index contributed by atoms with van der Waals surface area (Å²) in [5.41, 5.74) is 0. The van der Waals surface area contributed by atoms with Crippen molar-refractivity contribution < 1.29 is 0 Å². The van der Waals surface area contributed by atoms with Gasteiger partial charge in [-0.2, -0.15) is 0 Å². The number of nitrogens with one attached hydrogen (secondary N) is 1. The van der Waals surface area contributed by atoms with Crippen LogP contribution in [0.5, 0.6) is 0 Å². The maximum Gasteiger partial charge on any atom is 0.00691 e. The van der Waals surface area contributed by atoms with Crippen LogP contribution in [0.3, 0.4) is 0 Å². The Morgan fingerprint density at radius 3 is 2.29 bits per heavy atom. The summed E-state index contributed by atoms with van der Waals surface area (Å²) in [5.74, 6) is 1.84. The first-order valence-corrected chi connectivity index (χ1v) is 6.39. The highest BCUT2D eigenvalue weighted by Crippen LogP contribution is 2.28. The summed E-state index contributed by atoms with van der Waals surface area (Å²) in [6.07, 6.45) is 10.1. The van der Waals surface area contributed by atoms with E-state index in [2.05, 4.69) is 26.2 Å². The van der Waals surface area contributed by atoms with Crippen molar-refractivity contribution in [3.63, 3.8) is 0 Å². The van der Waals surface area contributed by atoms with Crippen molar-refractivity contribution in [3.8, 4) is 0 Å². The molecular weight excluding hydrogens is 170 g/mol. The second-order valence-corrected chi connectivity index (χ2v) is 5.35. The van der Waals surface area contributed by atoms with E-state index in [-0.39, 0.29) is 0 Å². The predicted octanol–water partition coefficient (Wildman–Crippen LogP) is 3.59. The van der Waals surface area contributed by atoms with Crippen molar-refractivity contribution in [1.82, 2.24) is 5.32 Å². The van der Waals surface area contributed by atoms with E-state index in [9.17, 15) is 0 Å². The zero-order valence-electron chi connectivity index (χ0n) is 10.2. The first-order chi connectivity index (χ1) is 6.72. The quantitative estimate of drug-likeness (QED) is 0.710. The van der Waals surface area contributed by atoms with Gasteiger partial charge in [0.2, 0.25) is 0 Å². The smallest absolute Gasteiger partial charge is 0.00691 e. The van der Waals surface area contributed by atoms with E-state index < -0.39 is 0 Å². The molecule has 1 N–H and O–H groups in total. The predicted molar refractivity (Wildman–Crippen MR) is 63.5 cm³/mol. The molecule has 1 aliphatic carbocycles. The molecule has 0 saturated heterocycles. The molecule has 0 heterocycles. The maximum atomic E-state index is 3.48. The highest BCUT2D eigenvalue weighted by atomic mass is 14.9. The van der Waals surface area contributed by atoms with Crippen LogP contribution in [0, 0.1) is 11.8 Å². The average molecular weight is 197 g/mol. The zero-order valence-corrected chi connectivity index (χ0v) is 10.2. The number of hydrogen-bond donors (Lipinski definition) is 1. The molecule has 0 aromatic carbocycles. The van der Waals surface area contributed by atoms with Crippen LogP contribution >= 0.6 is 0 Å². The van der Waals surface area contributed by atoms with Crippen LogP contribution in [0.2, 0.25) is 0 Å². The van der Waals surface area contributed by atoms with Gasteiger partial charge < -0.3 is 5.32 Å². The molecule has 1 fully saturated rings. The molecular formula is C13H27N. The molecule has 0 aromatic heterocycles. The van der Waals surface area contributed by atoms with Crippen LogP contribution in [-0.2, 0) is 0 Å². The van der Waals surface area contributed by atoms with Crippen LogP contribution < -0.4 is 5.32 Å². The molecule has 0 spiro atoms. The fourth-order valence-corrected chi connectivity index (χ4v) is 2.73. The van der Waals surface area contributed by atoms with Crippen LogP contribution in [0.1, 0.15) is 58.8 Å². The van der Waals surface area contributed by atoms with E-state index in [1.807, 2.05) is 0 Å². The van der Waals surface area contributed by atoms with Crippen molar-refractivity contribution >= 4 is 0 Å². The summed E-state index contributed by atoms with van der Waals surface area (Å²) in [6.45, 7) is 4.65. The Morgan fingerprint density at radius 2 is 1.79 bits per heavy atom. The molecule has 0 aliphatic heterocycles. The Hall–Kier alpha value is -0.0400. The van der Waals surface area contributed by atoms with E-state index in [0.29, 0.717) is 0 Å². The number of hydrogen-bond acceptors (Lipinski definition) is 1. The summed E-state index contributed by atoms with van der Waals surface area (Å²) in [5, 5.41) is 3.48. The molecule has 1 saturated carbocycles. The minimum absolute atomic E-state index is 0.762. The first kappa shape index (κ1) is 12.0. The molecule has 14 heavy (non-hydrogen) atoms. The van der Waals surface area contributed by atoms with Crippen molar-refractivity contribution in [2.45, 2.75) is 64.8 Å². The van der Waals surface area contributed by atoms with Crippen LogP contribution in [0.25, 0.3) is 0 Å². The van der Waals surface area contributed by atoms with Gasteiger partial charge in [0.05, 0.1) is 0 Å². The van der Waals surface area contributed by atoms with Gasteiger partial charge in [-0.25, -0.2) is 0 Å². The third kappa shape index (κ3) is 4.45. The Labute approximate surface area is 89.7 Å². The van der Waals surface area contributed by atoms with Gasteiger partial charge in [-0.3, -0.25) is 0 Å². The van der Waals surface area contributed by atoms with Gasteiger partial charge in [0.15, 0.2) is 0 Å². The highest BCUT2D eigenvalue weighted by molar-refractivity contribution is 4.74. The van der Waals surface area contributed by atoms with Crippen LogP contribution in [-0.4, -0.2) is 13.1 Å². The first-order valence-electron chi connectivity index (χ1n) is 6.39. The molecule has 1 atom stereocenters. The molecule has 1 aliphatic rings. The number of rotatable bonds is 5. The Bertz CT molecular complexity index is 136. The summed E-state index contributed by atoms with van der Waals surface area (Å²) in [7, 11) is 2.12.